The van der Waals surface area contributed by atoms with E-state index in [1.165, 1.54) is 0 Å². The van der Waals surface area contributed by atoms with Gasteiger partial charge >= 0.3 is 0 Å². The van der Waals surface area contributed by atoms with E-state index in [0.29, 0.717) is 11.5 Å². The van der Waals surface area contributed by atoms with E-state index in [9.17, 15) is 0 Å². The summed E-state index contributed by atoms with van der Waals surface area (Å²) in [5.74, 6) is 0. The van der Waals surface area contributed by atoms with Crippen LogP contribution < -0.4 is 11.1 Å². The Bertz CT molecular complexity index is 574. The van der Waals surface area contributed by atoms with Crippen LogP contribution in [0.25, 0.3) is 0 Å². The zero-order valence-corrected chi connectivity index (χ0v) is 11.3. The molecule has 1 heterocycles. The van der Waals surface area contributed by atoms with Gasteiger partial charge in [0.2, 0.25) is 0 Å². The van der Waals surface area contributed by atoms with Crippen LogP contribution >= 0.6 is 12.2 Å². The first kappa shape index (κ1) is 12.6. The van der Waals surface area contributed by atoms with Gasteiger partial charge in [-0.15, -0.1) is 0 Å². The number of nitrogens with zero attached hydrogens (tertiary/aromatic N) is 2. The van der Waals surface area contributed by atoms with Gasteiger partial charge in [0.1, 0.15) is 4.99 Å². The largest absolute Gasteiger partial charge is 0.389 e. The Morgan fingerprint density at radius 3 is 2.89 bits per heavy atom. The molecule has 94 valence electrons. The summed E-state index contributed by atoms with van der Waals surface area (Å²) in [6.07, 6.45) is 3.81. The molecule has 2 rings (SSSR count). The molecule has 0 saturated carbocycles. The van der Waals surface area contributed by atoms with Gasteiger partial charge in [0.05, 0.1) is 6.20 Å². The highest BCUT2D eigenvalue weighted by molar-refractivity contribution is 7.80. The summed E-state index contributed by atoms with van der Waals surface area (Å²) in [6.45, 7) is 2.72. The molecular formula is C13H16N4S. The lowest BCUT2D eigenvalue weighted by Crippen LogP contribution is -2.13. The minimum atomic E-state index is 0.410. The van der Waals surface area contributed by atoms with E-state index in [0.717, 1.165) is 22.4 Å². The molecule has 0 saturated heterocycles. The average Bonchev–Trinajstić information content (AvgIpc) is 2.73. The zero-order valence-electron chi connectivity index (χ0n) is 10.5. The third kappa shape index (κ3) is 2.87. The van der Waals surface area contributed by atoms with Crippen molar-refractivity contribution in [1.29, 1.82) is 0 Å². The second kappa shape index (κ2) is 5.18. The van der Waals surface area contributed by atoms with E-state index in [4.69, 9.17) is 18.0 Å². The van der Waals surface area contributed by atoms with Crippen molar-refractivity contribution in [3.63, 3.8) is 0 Å². The molecule has 0 aliphatic rings. The van der Waals surface area contributed by atoms with Crippen molar-refractivity contribution in [3.05, 3.63) is 47.3 Å². The highest BCUT2D eigenvalue weighted by Gasteiger charge is 2.05. The van der Waals surface area contributed by atoms with Gasteiger partial charge in [0.25, 0.3) is 0 Å². The lowest BCUT2D eigenvalue weighted by Gasteiger charge is -2.11. The van der Waals surface area contributed by atoms with Crippen LogP contribution in [0.3, 0.4) is 0 Å². The minimum Gasteiger partial charge on any atom is -0.389 e. The van der Waals surface area contributed by atoms with Crippen LogP contribution in [-0.2, 0) is 13.6 Å². The maximum Gasteiger partial charge on any atom is 0.106 e. The lowest BCUT2D eigenvalue weighted by molar-refractivity contribution is 0.767. The summed E-state index contributed by atoms with van der Waals surface area (Å²) >= 11 is 5.07. The van der Waals surface area contributed by atoms with Crippen molar-refractivity contribution in [2.24, 2.45) is 12.8 Å². The van der Waals surface area contributed by atoms with Crippen molar-refractivity contribution in [2.45, 2.75) is 13.5 Å². The van der Waals surface area contributed by atoms with Gasteiger partial charge in [-0.3, -0.25) is 4.68 Å². The Balaban J connectivity index is 2.16. The fourth-order valence-corrected chi connectivity index (χ4v) is 1.95. The van der Waals surface area contributed by atoms with Crippen molar-refractivity contribution < 1.29 is 0 Å². The van der Waals surface area contributed by atoms with Gasteiger partial charge in [0, 0.05) is 36.6 Å². The highest BCUT2D eigenvalue weighted by atomic mass is 32.1. The predicted octanol–water partition coefficient (Wildman–Crippen LogP) is 1.97. The molecule has 1 aromatic heterocycles. The van der Waals surface area contributed by atoms with Crippen LogP contribution in [0.4, 0.5) is 5.69 Å². The SMILES string of the molecule is Cc1ccc(NCc2cnn(C)c2)c(C(N)=S)c1. The van der Waals surface area contributed by atoms with E-state index in [2.05, 4.69) is 10.4 Å². The molecule has 18 heavy (non-hydrogen) atoms. The van der Waals surface area contributed by atoms with E-state index in [1.807, 2.05) is 44.6 Å². The molecule has 0 radical (unpaired) electrons. The van der Waals surface area contributed by atoms with Crippen molar-refractivity contribution in [1.82, 2.24) is 9.78 Å². The first-order chi connectivity index (χ1) is 8.56. The molecule has 0 atom stereocenters. The van der Waals surface area contributed by atoms with Gasteiger partial charge in [-0.05, 0) is 19.1 Å². The van der Waals surface area contributed by atoms with E-state index in [1.54, 1.807) is 4.68 Å². The first-order valence-corrected chi connectivity index (χ1v) is 6.09. The van der Waals surface area contributed by atoms with E-state index in [-0.39, 0.29) is 0 Å². The Morgan fingerprint density at radius 1 is 1.50 bits per heavy atom. The fraction of sp³-hybridized carbons (Fsp3) is 0.231. The smallest absolute Gasteiger partial charge is 0.106 e. The summed E-state index contributed by atoms with van der Waals surface area (Å²) in [7, 11) is 1.90. The molecule has 2 aromatic rings. The summed E-state index contributed by atoms with van der Waals surface area (Å²) in [4.78, 5) is 0.410. The average molecular weight is 260 g/mol. The number of nitrogens with two attached hydrogens (primary N) is 1. The molecule has 0 unspecified atom stereocenters. The van der Waals surface area contributed by atoms with Gasteiger partial charge in [-0.1, -0.05) is 23.8 Å². The van der Waals surface area contributed by atoms with Crippen molar-refractivity contribution in [3.8, 4) is 0 Å². The molecule has 0 aliphatic carbocycles. The number of thiocarbonyl (C=S) groups is 1. The molecule has 0 spiro atoms. The quantitative estimate of drug-likeness (QED) is 0.825. The number of anilines is 1. The molecule has 0 aliphatic heterocycles. The molecule has 0 bridgehead atoms. The zero-order chi connectivity index (χ0) is 13.1. The number of hydrogen-bond acceptors (Lipinski definition) is 3. The molecule has 0 amide bonds. The third-order valence-electron chi connectivity index (χ3n) is 2.68. The molecule has 1 aromatic carbocycles. The maximum absolute atomic E-state index is 5.73. The van der Waals surface area contributed by atoms with E-state index < -0.39 is 0 Å². The van der Waals surface area contributed by atoms with Crippen LogP contribution in [0.15, 0.2) is 30.6 Å². The Morgan fingerprint density at radius 2 is 2.28 bits per heavy atom. The highest BCUT2D eigenvalue weighted by Crippen LogP contribution is 2.18. The van der Waals surface area contributed by atoms with Crippen molar-refractivity contribution >= 4 is 22.9 Å². The van der Waals surface area contributed by atoms with Gasteiger partial charge in [-0.25, -0.2) is 0 Å². The number of hydrogen-bond donors (Lipinski definition) is 2. The molecule has 0 fully saturated rings. The normalized spacial score (nSPS) is 10.3. The molecule has 4 nitrogen and oxygen atoms in total. The Labute approximate surface area is 112 Å². The standard InChI is InChI=1S/C13H16N4S/c1-9-3-4-12(11(5-9)13(14)18)15-6-10-7-16-17(2)8-10/h3-5,7-8,15H,6H2,1-2H3,(H2,14,18). The molecular weight excluding hydrogens is 244 g/mol. The van der Waals surface area contributed by atoms with Crippen LogP contribution in [-0.4, -0.2) is 14.8 Å². The summed E-state index contributed by atoms with van der Waals surface area (Å²) < 4.78 is 1.78. The monoisotopic (exact) mass is 260 g/mol. The van der Waals surface area contributed by atoms with E-state index >= 15 is 0 Å². The maximum atomic E-state index is 5.73. The number of benzene rings is 1. The van der Waals surface area contributed by atoms with Crippen LogP contribution in [0.1, 0.15) is 16.7 Å². The first-order valence-electron chi connectivity index (χ1n) is 5.68. The van der Waals surface area contributed by atoms with Gasteiger partial charge < -0.3 is 11.1 Å². The van der Waals surface area contributed by atoms with Gasteiger partial charge in [0.15, 0.2) is 0 Å². The second-order valence-corrected chi connectivity index (χ2v) is 4.73. The van der Waals surface area contributed by atoms with Gasteiger partial charge in [-0.2, -0.15) is 5.10 Å². The Kier molecular flexibility index (Phi) is 3.62. The molecule has 5 heteroatoms. The number of nitrogens with one attached hydrogen (secondary N) is 1. The van der Waals surface area contributed by atoms with Crippen LogP contribution in [0, 0.1) is 6.92 Å². The number of aromatic nitrogens is 2. The number of rotatable bonds is 4. The predicted molar refractivity (Wildman–Crippen MR) is 77.6 cm³/mol. The summed E-state index contributed by atoms with van der Waals surface area (Å²) in [5, 5.41) is 7.46. The fourth-order valence-electron chi connectivity index (χ4n) is 1.78. The Hall–Kier alpha value is -1.88. The third-order valence-corrected chi connectivity index (χ3v) is 2.90. The minimum absolute atomic E-state index is 0.410. The lowest BCUT2D eigenvalue weighted by atomic mass is 10.1. The molecule has 3 N–H and O–H groups in total. The van der Waals surface area contributed by atoms with Crippen LogP contribution in [0.2, 0.25) is 0 Å². The summed E-state index contributed by atoms with van der Waals surface area (Å²) in [5.41, 5.74) is 9.83. The number of aryl methyl sites for hydroxylation is 2. The second-order valence-electron chi connectivity index (χ2n) is 4.29. The topological polar surface area (TPSA) is 55.9 Å². The van der Waals surface area contributed by atoms with Crippen LogP contribution in [0.5, 0.6) is 0 Å². The van der Waals surface area contributed by atoms with Crippen molar-refractivity contribution in [2.75, 3.05) is 5.32 Å². The summed E-state index contributed by atoms with van der Waals surface area (Å²) in [6, 6.07) is 6.03.